The van der Waals surface area contributed by atoms with Crippen molar-refractivity contribution in [3.05, 3.63) is 0 Å². The van der Waals surface area contributed by atoms with Crippen LogP contribution < -0.4 is 5.73 Å². The van der Waals surface area contributed by atoms with Gasteiger partial charge in [-0.1, -0.05) is 19.8 Å². The van der Waals surface area contributed by atoms with E-state index in [0.717, 1.165) is 17.8 Å². The van der Waals surface area contributed by atoms with Gasteiger partial charge in [-0.25, -0.2) is 0 Å². The van der Waals surface area contributed by atoms with E-state index >= 15 is 0 Å². The first-order valence-corrected chi connectivity index (χ1v) is 6.03. The number of aliphatic hydroxyl groups excluding tert-OH is 1. The molecule has 2 nitrogen and oxygen atoms in total. The standard InChI is InChI=1S/C12H23NO/c1-9-2-4-10(5-3-9)11-6-12(11,7-13)8-14/h9-11,14H,2-8,13H2,1H3. The van der Waals surface area contributed by atoms with Crippen molar-refractivity contribution in [1.29, 1.82) is 0 Å². The van der Waals surface area contributed by atoms with Gasteiger partial charge >= 0.3 is 0 Å². The molecule has 2 aliphatic rings. The van der Waals surface area contributed by atoms with Crippen LogP contribution >= 0.6 is 0 Å². The van der Waals surface area contributed by atoms with Gasteiger partial charge in [0.25, 0.3) is 0 Å². The summed E-state index contributed by atoms with van der Waals surface area (Å²) in [6.45, 7) is 3.34. The minimum atomic E-state index is 0.130. The molecule has 0 saturated heterocycles. The van der Waals surface area contributed by atoms with Gasteiger partial charge in [-0.15, -0.1) is 0 Å². The normalized spacial score (nSPS) is 47.8. The van der Waals surface area contributed by atoms with Gasteiger partial charge in [0, 0.05) is 12.0 Å². The summed E-state index contributed by atoms with van der Waals surface area (Å²) in [5.41, 5.74) is 5.87. The molecule has 0 amide bonds. The Balaban J connectivity index is 1.87. The van der Waals surface area contributed by atoms with Crippen molar-refractivity contribution in [3.8, 4) is 0 Å². The van der Waals surface area contributed by atoms with E-state index in [1.54, 1.807) is 0 Å². The molecule has 0 bridgehead atoms. The number of aliphatic hydroxyl groups is 1. The highest BCUT2D eigenvalue weighted by Crippen LogP contribution is 2.58. The molecule has 3 N–H and O–H groups in total. The van der Waals surface area contributed by atoms with Crippen molar-refractivity contribution in [3.63, 3.8) is 0 Å². The number of rotatable bonds is 3. The van der Waals surface area contributed by atoms with E-state index in [4.69, 9.17) is 5.73 Å². The molecular formula is C12H23NO. The third-order valence-corrected chi connectivity index (χ3v) is 4.60. The summed E-state index contributed by atoms with van der Waals surface area (Å²) in [5.74, 6) is 2.53. The van der Waals surface area contributed by atoms with Crippen LogP contribution in [0.4, 0.5) is 0 Å². The molecule has 2 rings (SSSR count). The Labute approximate surface area is 86.9 Å². The van der Waals surface area contributed by atoms with Crippen LogP contribution in [0.25, 0.3) is 0 Å². The average Bonchev–Trinajstić information content (AvgIpc) is 2.94. The zero-order chi connectivity index (χ0) is 10.2. The predicted octanol–water partition coefficient (Wildman–Crippen LogP) is 1.77. The molecule has 2 aliphatic carbocycles. The number of hydrogen-bond acceptors (Lipinski definition) is 2. The highest BCUT2D eigenvalue weighted by Gasteiger charge is 2.55. The molecule has 0 heterocycles. The molecule has 82 valence electrons. The molecule has 2 heteroatoms. The molecule has 0 spiro atoms. The summed E-state index contributed by atoms with van der Waals surface area (Å²) in [7, 11) is 0. The van der Waals surface area contributed by atoms with Crippen LogP contribution in [-0.4, -0.2) is 18.3 Å². The highest BCUT2D eigenvalue weighted by molar-refractivity contribution is 5.05. The SMILES string of the molecule is CC1CCC(C2CC2(CN)CO)CC1. The van der Waals surface area contributed by atoms with Crippen LogP contribution in [0, 0.1) is 23.2 Å². The summed E-state index contributed by atoms with van der Waals surface area (Å²) in [5, 5.41) is 9.33. The molecule has 14 heavy (non-hydrogen) atoms. The second-order valence-electron chi connectivity index (χ2n) is 5.56. The largest absolute Gasteiger partial charge is 0.396 e. The van der Waals surface area contributed by atoms with Gasteiger partial charge in [-0.3, -0.25) is 0 Å². The topological polar surface area (TPSA) is 46.2 Å². The fourth-order valence-electron chi connectivity index (χ4n) is 3.22. The smallest absolute Gasteiger partial charge is 0.0502 e. The fourth-order valence-corrected chi connectivity index (χ4v) is 3.22. The van der Waals surface area contributed by atoms with Crippen LogP contribution in [0.2, 0.25) is 0 Å². The minimum absolute atomic E-state index is 0.130. The summed E-state index contributed by atoms with van der Waals surface area (Å²) >= 11 is 0. The monoisotopic (exact) mass is 197 g/mol. The van der Waals surface area contributed by atoms with E-state index in [-0.39, 0.29) is 5.41 Å². The quantitative estimate of drug-likeness (QED) is 0.724. The third-order valence-electron chi connectivity index (χ3n) is 4.60. The lowest BCUT2D eigenvalue weighted by Gasteiger charge is -2.28. The van der Waals surface area contributed by atoms with Crippen molar-refractivity contribution in [2.24, 2.45) is 28.9 Å². The van der Waals surface area contributed by atoms with Gasteiger partial charge in [-0.2, -0.15) is 0 Å². The first kappa shape index (κ1) is 10.4. The summed E-state index contributed by atoms with van der Waals surface area (Å²) < 4.78 is 0. The number of nitrogens with two attached hydrogens (primary N) is 1. The maximum Gasteiger partial charge on any atom is 0.0502 e. The maximum absolute atomic E-state index is 9.33. The van der Waals surface area contributed by atoms with Gasteiger partial charge in [0.15, 0.2) is 0 Å². The second kappa shape index (κ2) is 3.82. The van der Waals surface area contributed by atoms with Crippen LogP contribution in [0.15, 0.2) is 0 Å². The fraction of sp³-hybridized carbons (Fsp3) is 1.00. The molecule has 2 atom stereocenters. The Kier molecular flexibility index (Phi) is 2.85. The minimum Gasteiger partial charge on any atom is -0.396 e. The molecular weight excluding hydrogens is 174 g/mol. The van der Waals surface area contributed by atoms with Gasteiger partial charge in [0.1, 0.15) is 0 Å². The molecule has 2 fully saturated rings. The Hall–Kier alpha value is -0.0800. The lowest BCUT2D eigenvalue weighted by molar-refractivity contribution is 0.170. The highest BCUT2D eigenvalue weighted by atomic mass is 16.3. The van der Waals surface area contributed by atoms with Crippen molar-refractivity contribution < 1.29 is 5.11 Å². The maximum atomic E-state index is 9.33. The van der Waals surface area contributed by atoms with E-state index in [1.807, 2.05) is 0 Å². The molecule has 0 aromatic carbocycles. The van der Waals surface area contributed by atoms with Gasteiger partial charge in [0.2, 0.25) is 0 Å². The third kappa shape index (κ3) is 1.70. The number of hydrogen-bond donors (Lipinski definition) is 2. The molecule has 0 aliphatic heterocycles. The predicted molar refractivity (Wildman–Crippen MR) is 57.8 cm³/mol. The van der Waals surface area contributed by atoms with Crippen molar-refractivity contribution >= 4 is 0 Å². The van der Waals surface area contributed by atoms with Crippen molar-refractivity contribution in [2.75, 3.05) is 13.2 Å². The first-order chi connectivity index (χ1) is 6.72. The molecule has 0 aromatic rings. The second-order valence-corrected chi connectivity index (χ2v) is 5.56. The van der Waals surface area contributed by atoms with Crippen molar-refractivity contribution in [1.82, 2.24) is 0 Å². The Morgan fingerprint density at radius 1 is 1.29 bits per heavy atom. The summed E-state index contributed by atoms with van der Waals surface area (Å²) in [6.07, 6.45) is 6.68. The van der Waals surface area contributed by atoms with Crippen LogP contribution in [0.3, 0.4) is 0 Å². The zero-order valence-electron chi connectivity index (χ0n) is 9.21. The van der Waals surface area contributed by atoms with Gasteiger partial charge < -0.3 is 10.8 Å². The molecule has 2 saturated carbocycles. The summed E-state index contributed by atoms with van der Waals surface area (Å²) in [6, 6.07) is 0. The van der Waals surface area contributed by atoms with Gasteiger partial charge in [-0.05, 0) is 37.0 Å². The van der Waals surface area contributed by atoms with Crippen LogP contribution in [-0.2, 0) is 0 Å². The average molecular weight is 197 g/mol. The van der Waals surface area contributed by atoms with Crippen molar-refractivity contribution in [2.45, 2.75) is 39.0 Å². The van der Waals surface area contributed by atoms with Crippen LogP contribution in [0.5, 0.6) is 0 Å². The molecule has 0 radical (unpaired) electrons. The Morgan fingerprint density at radius 3 is 2.36 bits per heavy atom. The lowest BCUT2D eigenvalue weighted by atomic mass is 9.78. The van der Waals surface area contributed by atoms with E-state index < -0.39 is 0 Å². The lowest BCUT2D eigenvalue weighted by Crippen LogP contribution is -2.26. The van der Waals surface area contributed by atoms with E-state index in [0.29, 0.717) is 13.2 Å². The Morgan fingerprint density at radius 2 is 1.93 bits per heavy atom. The zero-order valence-corrected chi connectivity index (χ0v) is 9.21. The van der Waals surface area contributed by atoms with E-state index in [9.17, 15) is 5.11 Å². The van der Waals surface area contributed by atoms with Crippen LogP contribution in [0.1, 0.15) is 39.0 Å². The summed E-state index contributed by atoms with van der Waals surface area (Å²) in [4.78, 5) is 0. The molecule has 0 aromatic heterocycles. The molecule has 2 unspecified atom stereocenters. The van der Waals surface area contributed by atoms with Gasteiger partial charge in [0.05, 0.1) is 6.61 Å². The van der Waals surface area contributed by atoms with E-state index in [2.05, 4.69) is 6.92 Å². The first-order valence-electron chi connectivity index (χ1n) is 6.03. The Bertz CT molecular complexity index is 192. The van der Waals surface area contributed by atoms with E-state index in [1.165, 1.54) is 32.1 Å².